The van der Waals surface area contributed by atoms with E-state index < -0.39 is 0 Å². The fourth-order valence-corrected chi connectivity index (χ4v) is 2.86. The Kier molecular flexibility index (Phi) is 5.34. The van der Waals surface area contributed by atoms with Crippen molar-refractivity contribution in [3.8, 4) is 0 Å². The van der Waals surface area contributed by atoms with Crippen LogP contribution in [0.3, 0.4) is 0 Å². The number of hydrogen-bond donors (Lipinski definition) is 0. The highest BCUT2D eigenvalue weighted by atomic mass is 35.5. The van der Waals surface area contributed by atoms with Crippen LogP contribution >= 0.6 is 11.6 Å². The predicted molar refractivity (Wildman–Crippen MR) is 74.7 cm³/mol. The van der Waals surface area contributed by atoms with Gasteiger partial charge in [-0.25, -0.2) is 0 Å². The second kappa shape index (κ2) is 7.03. The zero-order valence-electron chi connectivity index (χ0n) is 10.4. The first-order chi connectivity index (χ1) is 8.34. The van der Waals surface area contributed by atoms with Gasteiger partial charge in [-0.1, -0.05) is 30.3 Å². The van der Waals surface area contributed by atoms with Gasteiger partial charge in [0, 0.05) is 11.9 Å². The van der Waals surface area contributed by atoms with Gasteiger partial charge in [-0.05, 0) is 50.8 Å². The molecule has 1 fully saturated rings. The smallest absolute Gasteiger partial charge is 0.0463 e. The monoisotopic (exact) mass is 251 g/mol. The molecule has 0 radical (unpaired) electrons. The molecule has 0 aliphatic carbocycles. The van der Waals surface area contributed by atoms with Gasteiger partial charge < -0.3 is 4.90 Å². The van der Waals surface area contributed by atoms with Crippen LogP contribution in [0.25, 0.3) is 0 Å². The van der Waals surface area contributed by atoms with Gasteiger partial charge in [0.05, 0.1) is 0 Å². The highest BCUT2D eigenvalue weighted by Crippen LogP contribution is 2.15. The van der Waals surface area contributed by atoms with Crippen molar-refractivity contribution >= 4 is 11.6 Å². The minimum Gasteiger partial charge on any atom is -0.302 e. The first-order valence-corrected chi connectivity index (χ1v) is 7.18. The number of benzene rings is 1. The van der Waals surface area contributed by atoms with Crippen LogP contribution in [0.5, 0.6) is 0 Å². The molecular weight excluding hydrogens is 230 g/mol. The lowest BCUT2D eigenvalue weighted by Gasteiger charge is -2.29. The molecule has 1 saturated heterocycles. The molecule has 0 amide bonds. The van der Waals surface area contributed by atoms with E-state index in [-0.39, 0.29) is 0 Å². The zero-order valence-corrected chi connectivity index (χ0v) is 11.2. The molecule has 0 bridgehead atoms. The lowest BCUT2D eigenvalue weighted by atomic mass is 10.1. The topological polar surface area (TPSA) is 3.24 Å². The van der Waals surface area contributed by atoms with Crippen LogP contribution in [-0.2, 0) is 6.42 Å². The molecule has 1 aliphatic rings. The maximum Gasteiger partial charge on any atom is 0.0463 e. The standard InChI is InChI=1S/C15H22ClN/c16-15-10-6-12-17(13-15)11-5-4-9-14-7-2-1-3-8-14/h1-3,7-8,15H,4-6,9-13H2. The van der Waals surface area contributed by atoms with E-state index in [0.29, 0.717) is 5.38 Å². The van der Waals surface area contributed by atoms with E-state index in [2.05, 4.69) is 35.2 Å². The number of rotatable bonds is 5. The molecule has 0 spiro atoms. The number of alkyl halides is 1. The van der Waals surface area contributed by atoms with Gasteiger partial charge in [-0.3, -0.25) is 0 Å². The fourth-order valence-electron chi connectivity index (χ4n) is 2.51. The fraction of sp³-hybridized carbons (Fsp3) is 0.600. The second-order valence-electron chi connectivity index (χ2n) is 4.98. The summed E-state index contributed by atoms with van der Waals surface area (Å²) < 4.78 is 0. The maximum atomic E-state index is 6.18. The van der Waals surface area contributed by atoms with Crippen molar-refractivity contribution in [3.05, 3.63) is 35.9 Å². The molecule has 1 unspecified atom stereocenters. The Morgan fingerprint density at radius 1 is 1.18 bits per heavy atom. The molecule has 1 aliphatic heterocycles. The second-order valence-corrected chi connectivity index (χ2v) is 5.60. The molecule has 17 heavy (non-hydrogen) atoms. The van der Waals surface area contributed by atoms with Gasteiger partial charge >= 0.3 is 0 Å². The van der Waals surface area contributed by atoms with Gasteiger partial charge in [0.2, 0.25) is 0 Å². The Hall–Kier alpha value is -0.530. The van der Waals surface area contributed by atoms with Gasteiger partial charge in [0.15, 0.2) is 0 Å². The third-order valence-corrected chi connectivity index (χ3v) is 3.84. The molecule has 1 heterocycles. The number of unbranched alkanes of at least 4 members (excludes halogenated alkanes) is 1. The highest BCUT2D eigenvalue weighted by molar-refractivity contribution is 6.20. The Labute approximate surface area is 110 Å². The zero-order chi connectivity index (χ0) is 11.9. The minimum absolute atomic E-state index is 0.387. The first kappa shape index (κ1) is 12.9. The van der Waals surface area contributed by atoms with E-state index in [0.717, 1.165) is 6.54 Å². The summed E-state index contributed by atoms with van der Waals surface area (Å²) in [7, 11) is 0. The summed E-state index contributed by atoms with van der Waals surface area (Å²) >= 11 is 6.18. The van der Waals surface area contributed by atoms with Crippen LogP contribution in [-0.4, -0.2) is 29.9 Å². The molecule has 0 saturated carbocycles. The number of aryl methyl sites for hydroxylation is 1. The summed E-state index contributed by atoms with van der Waals surface area (Å²) in [5, 5.41) is 0.387. The lowest BCUT2D eigenvalue weighted by molar-refractivity contribution is 0.228. The van der Waals surface area contributed by atoms with Gasteiger partial charge in [0.1, 0.15) is 0 Å². The molecular formula is C15H22ClN. The van der Waals surface area contributed by atoms with Crippen molar-refractivity contribution in [2.75, 3.05) is 19.6 Å². The third kappa shape index (κ3) is 4.69. The maximum absolute atomic E-state index is 6.18. The SMILES string of the molecule is ClC1CCCN(CCCCc2ccccc2)C1. The van der Waals surface area contributed by atoms with E-state index in [1.165, 1.54) is 50.8 Å². The van der Waals surface area contributed by atoms with Gasteiger partial charge in [0.25, 0.3) is 0 Å². The van der Waals surface area contributed by atoms with E-state index in [4.69, 9.17) is 11.6 Å². The van der Waals surface area contributed by atoms with Crippen LogP contribution in [0.2, 0.25) is 0 Å². The summed E-state index contributed by atoms with van der Waals surface area (Å²) in [6, 6.07) is 10.8. The quantitative estimate of drug-likeness (QED) is 0.570. The molecule has 94 valence electrons. The van der Waals surface area contributed by atoms with Crippen LogP contribution in [0, 0.1) is 0 Å². The van der Waals surface area contributed by atoms with Crippen molar-refractivity contribution in [2.24, 2.45) is 0 Å². The van der Waals surface area contributed by atoms with Crippen molar-refractivity contribution in [1.29, 1.82) is 0 Å². The Morgan fingerprint density at radius 2 is 2.00 bits per heavy atom. The van der Waals surface area contributed by atoms with Crippen molar-refractivity contribution in [3.63, 3.8) is 0 Å². The molecule has 0 N–H and O–H groups in total. The van der Waals surface area contributed by atoms with Crippen molar-refractivity contribution in [1.82, 2.24) is 4.90 Å². The minimum atomic E-state index is 0.387. The predicted octanol–water partition coefficient (Wildman–Crippen LogP) is 3.71. The molecule has 0 aromatic heterocycles. The molecule has 2 heteroatoms. The Bertz CT molecular complexity index is 312. The molecule has 1 aromatic carbocycles. The molecule has 1 atom stereocenters. The highest BCUT2D eigenvalue weighted by Gasteiger charge is 2.16. The number of likely N-dealkylation sites (tertiary alicyclic amines) is 1. The summed E-state index contributed by atoms with van der Waals surface area (Å²) in [4.78, 5) is 2.52. The summed E-state index contributed by atoms with van der Waals surface area (Å²) in [5.41, 5.74) is 1.46. The van der Waals surface area contributed by atoms with Crippen LogP contribution in [0.15, 0.2) is 30.3 Å². The van der Waals surface area contributed by atoms with E-state index in [1.807, 2.05) is 0 Å². The Balaban J connectivity index is 1.60. The van der Waals surface area contributed by atoms with Gasteiger partial charge in [-0.15, -0.1) is 11.6 Å². The van der Waals surface area contributed by atoms with Crippen LogP contribution in [0.1, 0.15) is 31.2 Å². The summed E-state index contributed by atoms with van der Waals surface area (Å²) in [5.74, 6) is 0. The van der Waals surface area contributed by atoms with E-state index in [1.54, 1.807) is 0 Å². The summed E-state index contributed by atoms with van der Waals surface area (Å²) in [6.45, 7) is 3.55. The van der Waals surface area contributed by atoms with Crippen LogP contribution in [0.4, 0.5) is 0 Å². The van der Waals surface area contributed by atoms with Gasteiger partial charge in [-0.2, -0.15) is 0 Å². The number of nitrogens with zero attached hydrogens (tertiary/aromatic N) is 1. The number of halogens is 1. The number of hydrogen-bond acceptors (Lipinski definition) is 1. The third-order valence-electron chi connectivity index (χ3n) is 3.48. The summed E-state index contributed by atoms with van der Waals surface area (Å²) in [6.07, 6.45) is 6.25. The largest absolute Gasteiger partial charge is 0.302 e. The van der Waals surface area contributed by atoms with Crippen molar-refractivity contribution < 1.29 is 0 Å². The van der Waals surface area contributed by atoms with Crippen LogP contribution < -0.4 is 0 Å². The normalized spacial score (nSPS) is 21.6. The van der Waals surface area contributed by atoms with E-state index >= 15 is 0 Å². The molecule has 1 aromatic rings. The van der Waals surface area contributed by atoms with Crippen molar-refractivity contribution in [2.45, 2.75) is 37.5 Å². The average Bonchev–Trinajstić information content (AvgIpc) is 2.36. The average molecular weight is 252 g/mol. The molecule has 1 nitrogen and oxygen atoms in total. The number of piperidine rings is 1. The van der Waals surface area contributed by atoms with E-state index in [9.17, 15) is 0 Å². The lowest BCUT2D eigenvalue weighted by Crippen LogP contribution is -2.36. The first-order valence-electron chi connectivity index (χ1n) is 6.75. The Morgan fingerprint density at radius 3 is 2.76 bits per heavy atom. The molecule has 2 rings (SSSR count).